The molecule has 1 atom stereocenters. The van der Waals surface area contributed by atoms with Crippen LogP contribution in [0.2, 0.25) is 0 Å². The van der Waals surface area contributed by atoms with Crippen molar-refractivity contribution < 1.29 is 8.42 Å². The molecule has 0 radical (unpaired) electrons. The van der Waals surface area contributed by atoms with Gasteiger partial charge in [0.2, 0.25) is 10.0 Å². The average Bonchev–Trinajstić information content (AvgIpc) is 3.32. The van der Waals surface area contributed by atoms with Crippen molar-refractivity contribution in [2.45, 2.75) is 51.1 Å². The molecule has 0 bridgehead atoms. The summed E-state index contributed by atoms with van der Waals surface area (Å²) in [7, 11) is -0.537. The third kappa shape index (κ3) is 3.60. The number of hydrogen-bond donors (Lipinski definition) is 0. The summed E-state index contributed by atoms with van der Waals surface area (Å²) >= 11 is 1.64. The van der Waals surface area contributed by atoms with Crippen molar-refractivity contribution in [2.75, 3.05) is 14.1 Å². The van der Waals surface area contributed by atoms with Crippen molar-refractivity contribution >= 4 is 42.6 Å². The van der Waals surface area contributed by atoms with Gasteiger partial charge in [-0.1, -0.05) is 6.92 Å². The standard InChI is InChI=1S/C23H27N5O3S2/c1-5-28-18-9-7-15(33(30,31)26(3)4)11-17(18)25-20(28)12-27-13-24-22-21(23(27)29)16-8-6-14(2)10-19(16)32-22/h7,9,11,13-14H,5-6,8,10,12H2,1-4H3. The number of sulfonamides is 1. The summed E-state index contributed by atoms with van der Waals surface area (Å²) in [4.78, 5) is 25.1. The van der Waals surface area contributed by atoms with E-state index in [9.17, 15) is 13.2 Å². The molecule has 8 nitrogen and oxygen atoms in total. The van der Waals surface area contributed by atoms with Gasteiger partial charge in [0.15, 0.2) is 0 Å². The molecule has 0 aliphatic heterocycles. The Hall–Kier alpha value is -2.56. The highest BCUT2D eigenvalue weighted by Gasteiger charge is 2.24. The van der Waals surface area contributed by atoms with Crippen LogP contribution < -0.4 is 5.56 Å². The van der Waals surface area contributed by atoms with Gasteiger partial charge in [0.1, 0.15) is 10.7 Å². The first-order valence-electron chi connectivity index (χ1n) is 11.1. The third-order valence-corrected chi connectivity index (χ3v) is 9.46. The topological polar surface area (TPSA) is 90.1 Å². The molecular weight excluding hydrogens is 458 g/mol. The van der Waals surface area contributed by atoms with E-state index >= 15 is 0 Å². The van der Waals surface area contributed by atoms with Crippen molar-refractivity contribution in [1.82, 2.24) is 23.4 Å². The minimum Gasteiger partial charge on any atom is -0.327 e. The van der Waals surface area contributed by atoms with Crippen LogP contribution in [0.25, 0.3) is 21.3 Å². The first-order valence-corrected chi connectivity index (χ1v) is 13.4. The molecule has 174 valence electrons. The maximum absolute atomic E-state index is 13.4. The predicted molar refractivity (Wildman–Crippen MR) is 130 cm³/mol. The maximum Gasteiger partial charge on any atom is 0.262 e. The Kier molecular flexibility index (Phi) is 5.42. The van der Waals surface area contributed by atoms with E-state index in [1.807, 2.05) is 11.5 Å². The third-order valence-electron chi connectivity index (χ3n) is 6.49. The molecule has 1 aromatic carbocycles. The smallest absolute Gasteiger partial charge is 0.262 e. The lowest BCUT2D eigenvalue weighted by molar-refractivity contribution is 0.509. The Morgan fingerprint density at radius 1 is 1.27 bits per heavy atom. The second kappa shape index (κ2) is 8.03. The summed E-state index contributed by atoms with van der Waals surface area (Å²) in [5, 5.41) is 0.753. The first kappa shape index (κ1) is 22.2. The minimum atomic E-state index is -3.55. The summed E-state index contributed by atoms with van der Waals surface area (Å²) in [6.45, 7) is 5.20. The number of aromatic nitrogens is 4. The largest absolute Gasteiger partial charge is 0.327 e. The second-order valence-electron chi connectivity index (χ2n) is 8.92. The van der Waals surface area contributed by atoms with Gasteiger partial charge in [-0.2, -0.15) is 0 Å². The fraction of sp³-hybridized carbons (Fsp3) is 0.435. The highest BCUT2D eigenvalue weighted by Crippen LogP contribution is 2.35. The average molecular weight is 486 g/mol. The molecule has 0 N–H and O–H groups in total. The van der Waals surface area contributed by atoms with Gasteiger partial charge in [-0.3, -0.25) is 9.36 Å². The van der Waals surface area contributed by atoms with E-state index in [2.05, 4.69) is 11.9 Å². The Bertz CT molecular complexity index is 1550. The fourth-order valence-electron chi connectivity index (χ4n) is 4.64. The zero-order chi connectivity index (χ0) is 23.5. The molecule has 0 spiro atoms. The SMILES string of the molecule is CCn1c(Cn2cnc3sc4c(c3c2=O)CCC(C)C4)nc2cc(S(=O)(=O)N(C)C)ccc21. The van der Waals surface area contributed by atoms with Crippen molar-refractivity contribution in [1.29, 1.82) is 0 Å². The molecule has 0 fully saturated rings. The Balaban J connectivity index is 1.59. The minimum absolute atomic E-state index is 0.0300. The first-order chi connectivity index (χ1) is 15.7. The summed E-state index contributed by atoms with van der Waals surface area (Å²) in [6.07, 6.45) is 4.64. The number of hydrogen-bond acceptors (Lipinski definition) is 6. The van der Waals surface area contributed by atoms with Crippen molar-refractivity contribution in [3.63, 3.8) is 0 Å². The zero-order valence-corrected chi connectivity index (χ0v) is 20.8. The van der Waals surface area contributed by atoms with Gasteiger partial charge in [-0.25, -0.2) is 22.7 Å². The monoisotopic (exact) mass is 485 g/mol. The molecule has 33 heavy (non-hydrogen) atoms. The lowest BCUT2D eigenvalue weighted by atomic mass is 9.89. The molecule has 0 amide bonds. The normalized spacial score (nSPS) is 16.7. The molecule has 0 saturated heterocycles. The van der Waals surface area contributed by atoms with Crippen LogP contribution in [0.4, 0.5) is 0 Å². The van der Waals surface area contributed by atoms with E-state index in [4.69, 9.17) is 4.98 Å². The predicted octanol–water partition coefficient (Wildman–Crippen LogP) is 3.25. The van der Waals surface area contributed by atoms with Gasteiger partial charge >= 0.3 is 0 Å². The van der Waals surface area contributed by atoms with Crippen LogP contribution >= 0.6 is 11.3 Å². The molecule has 0 saturated carbocycles. The molecular formula is C23H27N5O3S2. The number of aryl methyl sites for hydroxylation is 2. The quantitative estimate of drug-likeness (QED) is 0.433. The lowest BCUT2D eigenvalue weighted by Crippen LogP contribution is -2.23. The van der Waals surface area contributed by atoms with Crippen LogP contribution in [0, 0.1) is 5.92 Å². The Labute approximate surface area is 196 Å². The molecule has 4 aromatic rings. The van der Waals surface area contributed by atoms with Gasteiger partial charge in [-0.15, -0.1) is 11.3 Å². The molecule has 10 heteroatoms. The molecule has 1 aliphatic carbocycles. The van der Waals surface area contributed by atoms with E-state index in [0.29, 0.717) is 23.8 Å². The zero-order valence-electron chi connectivity index (χ0n) is 19.2. The van der Waals surface area contributed by atoms with Crippen molar-refractivity contribution in [3.05, 3.63) is 51.1 Å². The van der Waals surface area contributed by atoms with E-state index in [1.165, 1.54) is 28.8 Å². The van der Waals surface area contributed by atoms with Gasteiger partial charge < -0.3 is 4.57 Å². The van der Waals surface area contributed by atoms with Gasteiger partial charge in [-0.05, 0) is 55.9 Å². The van der Waals surface area contributed by atoms with Crippen LogP contribution in [-0.4, -0.2) is 45.9 Å². The van der Waals surface area contributed by atoms with Crippen LogP contribution in [0.3, 0.4) is 0 Å². The lowest BCUT2D eigenvalue weighted by Gasteiger charge is -2.17. The highest BCUT2D eigenvalue weighted by molar-refractivity contribution is 7.89. The number of rotatable bonds is 5. The van der Waals surface area contributed by atoms with E-state index in [0.717, 1.165) is 35.0 Å². The fourth-order valence-corrected chi connectivity index (χ4v) is 6.90. The van der Waals surface area contributed by atoms with E-state index in [-0.39, 0.29) is 17.0 Å². The molecule has 1 aliphatic rings. The molecule has 1 unspecified atom stereocenters. The summed E-state index contributed by atoms with van der Waals surface area (Å²) in [5.41, 5.74) is 2.58. The van der Waals surface area contributed by atoms with Crippen LogP contribution in [-0.2, 0) is 36.0 Å². The van der Waals surface area contributed by atoms with Crippen LogP contribution in [0.5, 0.6) is 0 Å². The van der Waals surface area contributed by atoms with Crippen molar-refractivity contribution in [2.24, 2.45) is 5.92 Å². The number of nitrogens with zero attached hydrogens (tertiary/aromatic N) is 5. The second-order valence-corrected chi connectivity index (χ2v) is 12.2. The van der Waals surface area contributed by atoms with Gasteiger partial charge in [0.25, 0.3) is 5.56 Å². The number of benzene rings is 1. The maximum atomic E-state index is 13.4. The van der Waals surface area contributed by atoms with Crippen LogP contribution in [0.1, 0.15) is 36.5 Å². The van der Waals surface area contributed by atoms with E-state index in [1.54, 1.807) is 40.4 Å². The van der Waals surface area contributed by atoms with Gasteiger partial charge in [0.05, 0.1) is 34.2 Å². The molecule has 5 rings (SSSR count). The summed E-state index contributed by atoms with van der Waals surface area (Å²) in [5.74, 6) is 1.34. The van der Waals surface area contributed by atoms with Crippen molar-refractivity contribution in [3.8, 4) is 0 Å². The molecule has 3 aromatic heterocycles. The summed E-state index contributed by atoms with van der Waals surface area (Å²) < 4.78 is 29.9. The van der Waals surface area contributed by atoms with Gasteiger partial charge in [0, 0.05) is 25.5 Å². The summed E-state index contributed by atoms with van der Waals surface area (Å²) in [6, 6.07) is 4.99. The van der Waals surface area contributed by atoms with Crippen LogP contribution in [0.15, 0.2) is 34.2 Å². The number of imidazole rings is 1. The highest BCUT2D eigenvalue weighted by atomic mass is 32.2. The Morgan fingerprint density at radius 2 is 2.06 bits per heavy atom. The Morgan fingerprint density at radius 3 is 2.79 bits per heavy atom. The number of thiophene rings is 1. The number of fused-ring (bicyclic) bond motifs is 4. The molecule has 3 heterocycles. The van der Waals surface area contributed by atoms with E-state index < -0.39 is 10.0 Å².